The van der Waals surface area contributed by atoms with Crippen LogP contribution < -0.4 is 0 Å². The maximum atomic E-state index is 13.9. The molecule has 1 aliphatic rings. The van der Waals surface area contributed by atoms with E-state index in [9.17, 15) is 18.0 Å². The van der Waals surface area contributed by atoms with Crippen LogP contribution in [0.15, 0.2) is 12.3 Å². The highest BCUT2D eigenvalue weighted by molar-refractivity contribution is 5.88. The minimum Gasteiger partial charge on any atom is -0.465 e. The van der Waals surface area contributed by atoms with Crippen molar-refractivity contribution in [2.24, 2.45) is 0 Å². The summed E-state index contributed by atoms with van der Waals surface area (Å²) in [6.07, 6.45) is 1.12. The number of aromatic nitrogens is 1. The van der Waals surface area contributed by atoms with Crippen LogP contribution >= 0.6 is 0 Å². The van der Waals surface area contributed by atoms with Crippen molar-refractivity contribution < 1.29 is 22.7 Å². The van der Waals surface area contributed by atoms with Crippen LogP contribution in [0.3, 0.4) is 0 Å². The van der Waals surface area contributed by atoms with Gasteiger partial charge in [-0.1, -0.05) is 0 Å². The number of hydrogen-bond donors (Lipinski definition) is 0. The molecule has 0 amide bonds. The van der Waals surface area contributed by atoms with Crippen molar-refractivity contribution in [1.29, 1.82) is 0 Å². The van der Waals surface area contributed by atoms with E-state index in [4.69, 9.17) is 0 Å². The molecule has 0 aliphatic heterocycles. The van der Waals surface area contributed by atoms with E-state index < -0.39 is 17.7 Å². The van der Waals surface area contributed by atoms with Crippen LogP contribution in [-0.4, -0.2) is 24.0 Å². The Bertz CT molecular complexity index is 481. The van der Waals surface area contributed by atoms with Gasteiger partial charge in [0.05, 0.1) is 18.4 Å². The molecule has 1 saturated carbocycles. The van der Waals surface area contributed by atoms with Gasteiger partial charge >= 0.3 is 5.97 Å². The molecule has 0 spiro atoms. The van der Waals surface area contributed by atoms with Gasteiger partial charge in [0.2, 0.25) is 5.92 Å². The molecule has 2 rings (SSSR count). The highest BCUT2D eigenvalue weighted by atomic mass is 19.3. The van der Waals surface area contributed by atoms with Gasteiger partial charge in [0.15, 0.2) is 0 Å². The van der Waals surface area contributed by atoms with Crippen LogP contribution in [0, 0.1) is 5.82 Å². The number of esters is 1. The Morgan fingerprint density at radius 1 is 1.42 bits per heavy atom. The zero-order chi connectivity index (χ0) is 14.0. The van der Waals surface area contributed by atoms with E-state index in [0.29, 0.717) is 0 Å². The summed E-state index contributed by atoms with van der Waals surface area (Å²) in [6, 6.07) is 1.04. The molecule has 0 N–H and O–H groups in total. The molecule has 104 valence electrons. The van der Waals surface area contributed by atoms with Crippen LogP contribution in [0.25, 0.3) is 0 Å². The zero-order valence-corrected chi connectivity index (χ0v) is 10.5. The number of methoxy groups -OCH3 is 1. The molecule has 0 atom stereocenters. The predicted octanol–water partition coefficient (Wildman–Crippen LogP) is 3.30. The Hall–Kier alpha value is -1.59. The van der Waals surface area contributed by atoms with Gasteiger partial charge in [-0.05, 0) is 18.9 Å². The molecule has 19 heavy (non-hydrogen) atoms. The third-order valence-electron chi connectivity index (χ3n) is 3.39. The number of rotatable bonds is 2. The molecular formula is C13H14F3NO2. The number of carbonyl (C=O) groups is 1. The summed E-state index contributed by atoms with van der Waals surface area (Å²) in [4.78, 5) is 15.1. The van der Waals surface area contributed by atoms with Crippen LogP contribution in [0.4, 0.5) is 13.2 Å². The molecule has 3 nitrogen and oxygen atoms in total. The molecule has 0 unspecified atom stereocenters. The van der Waals surface area contributed by atoms with Gasteiger partial charge in [0, 0.05) is 25.0 Å². The molecule has 0 bridgehead atoms. The van der Waals surface area contributed by atoms with Crippen molar-refractivity contribution in [2.75, 3.05) is 7.11 Å². The molecule has 0 radical (unpaired) electrons. The lowest BCUT2D eigenvalue weighted by Gasteiger charge is -2.28. The largest absolute Gasteiger partial charge is 0.465 e. The summed E-state index contributed by atoms with van der Waals surface area (Å²) < 4.78 is 44.4. The smallest absolute Gasteiger partial charge is 0.339 e. The predicted molar refractivity (Wildman–Crippen MR) is 61.7 cm³/mol. The molecule has 1 heterocycles. The molecule has 1 aromatic rings. The van der Waals surface area contributed by atoms with Gasteiger partial charge in [-0.25, -0.2) is 18.0 Å². The van der Waals surface area contributed by atoms with Crippen molar-refractivity contribution in [2.45, 2.75) is 37.5 Å². The van der Waals surface area contributed by atoms with Gasteiger partial charge in [0.1, 0.15) is 5.82 Å². The highest BCUT2D eigenvalue weighted by Gasteiger charge is 2.36. The summed E-state index contributed by atoms with van der Waals surface area (Å²) in [5.74, 6) is -4.28. The number of pyridine rings is 1. The number of ether oxygens (including phenoxy) is 1. The number of nitrogens with zero attached hydrogens (tertiary/aromatic N) is 1. The summed E-state index contributed by atoms with van der Waals surface area (Å²) >= 11 is 0. The van der Waals surface area contributed by atoms with E-state index in [-0.39, 0.29) is 42.9 Å². The summed E-state index contributed by atoms with van der Waals surface area (Å²) in [7, 11) is 1.19. The SMILES string of the molecule is COC(=O)c1cnc(C2CCC(F)(F)CC2)c(F)c1. The van der Waals surface area contributed by atoms with Crippen molar-refractivity contribution in [3.8, 4) is 0 Å². The van der Waals surface area contributed by atoms with Crippen molar-refractivity contribution >= 4 is 5.97 Å². The van der Waals surface area contributed by atoms with Crippen LogP contribution in [-0.2, 0) is 4.74 Å². The van der Waals surface area contributed by atoms with E-state index in [1.807, 2.05) is 0 Å². The summed E-state index contributed by atoms with van der Waals surface area (Å²) in [5, 5.41) is 0. The lowest BCUT2D eigenvalue weighted by molar-refractivity contribution is -0.0387. The molecule has 1 fully saturated rings. The average molecular weight is 273 g/mol. The van der Waals surface area contributed by atoms with Gasteiger partial charge < -0.3 is 4.74 Å². The maximum Gasteiger partial charge on any atom is 0.339 e. The number of hydrogen-bond acceptors (Lipinski definition) is 3. The van der Waals surface area contributed by atoms with Crippen molar-refractivity contribution in [3.63, 3.8) is 0 Å². The Balaban J connectivity index is 2.16. The van der Waals surface area contributed by atoms with Crippen LogP contribution in [0.2, 0.25) is 0 Å². The fourth-order valence-electron chi connectivity index (χ4n) is 2.29. The maximum absolute atomic E-state index is 13.9. The third-order valence-corrected chi connectivity index (χ3v) is 3.39. The lowest BCUT2D eigenvalue weighted by atomic mass is 9.84. The first kappa shape index (κ1) is 13.8. The fraction of sp³-hybridized carbons (Fsp3) is 0.538. The Kier molecular flexibility index (Phi) is 3.78. The molecule has 0 saturated heterocycles. The Labute approximate surface area is 108 Å². The first-order chi connectivity index (χ1) is 8.93. The normalized spacial score (nSPS) is 19.2. The standard InChI is InChI=1S/C13H14F3NO2/c1-19-12(18)9-6-10(14)11(17-7-9)8-2-4-13(15,16)5-3-8/h6-8H,2-5H2,1H3. The average Bonchev–Trinajstić information content (AvgIpc) is 2.38. The van der Waals surface area contributed by atoms with Crippen molar-refractivity contribution in [3.05, 3.63) is 29.3 Å². The Morgan fingerprint density at radius 3 is 2.58 bits per heavy atom. The third kappa shape index (κ3) is 3.05. The second-order valence-electron chi connectivity index (χ2n) is 4.71. The fourth-order valence-corrected chi connectivity index (χ4v) is 2.29. The number of carbonyl (C=O) groups excluding carboxylic acids is 1. The topological polar surface area (TPSA) is 39.2 Å². The first-order valence-corrected chi connectivity index (χ1v) is 6.04. The molecule has 1 aromatic heterocycles. The quantitative estimate of drug-likeness (QED) is 0.776. The van der Waals surface area contributed by atoms with Gasteiger partial charge in [-0.3, -0.25) is 4.98 Å². The monoisotopic (exact) mass is 273 g/mol. The van der Waals surface area contributed by atoms with E-state index in [2.05, 4.69) is 9.72 Å². The second-order valence-corrected chi connectivity index (χ2v) is 4.71. The molecular weight excluding hydrogens is 259 g/mol. The summed E-state index contributed by atoms with van der Waals surface area (Å²) in [5.41, 5.74) is 0.174. The van der Waals surface area contributed by atoms with Gasteiger partial charge in [-0.15, -0.1) is 0 Å². The lowest BCUT2D eigenvalue weighted by Crippen LogP contribution is -2.24. The van der Waals surface area contributed by atoms with E-state index in [1.54, 1.807) is 0 Å². The van der Waals surface area contributed by atoms with Crippen LogP contribution in [0.1, 0.15) is 47.7 Å². The molecule has 6 heteroatoms. The van der Waals surface area contributed by atoms with Gasteiger partial charge in [-0.2, -0.15) is 0 Å². The molecule has 1 aliphatic carbocycles. The minimum atomic E-state index is -2.65. The number of alkyl halides is 2. The highest BCUT2D eigenvalue weighted by Crippen LogP contribution is 2.40. The Morgan fingerprint density at radius 2 is 2.05 bits per heavy atom. The zero-order valence-electron chi connectivity index (χ0n) is 10.5. The van der Waals surface area contributed by atoms with E-state index >= 15 is 0 Å². The van der Waals surface area contributed by atoms with Crippen LogP contribution in [0.5, 0.6) is 0 Å². The first-order valence-electron chi connectivity index (χ1n) is 6.04. The van der Waals surface area contributed by atoms with Gasteiger partial charge in [0.25, 0.3) is 0 Å². The number of halogens is 3. The van der Waals surface area contributed by atoms with E-state index in [1.165, 1.54) is 13.3 Å². The molecule has 0 aromatic carbocycles. The minimum absolute atomic E-state index is 0.0184. The van der Waals surface area contributed by atoms with E-state index in [0.717, 1.165) is 6.07 Å². The second kappa shape index (κ2) is 5.19. The summed E-state index contributed by atoms with van der Waals surface area (Å²) in [6.45, 7) is 0. The van der Waals surface area contributed by atoms with Crippen molar-refractivity contribution in [1.82, 2.24) is 4.98 Å².